The van der Waals surface area contributed by atoms with Crippen molar-refractivity contribution in [2.24, 2.45) is 0 Å². The molecule has 2 aromatic heterocycles. The van der Waals surface area contributed by atoms with Crippen LogP contribution in [-0.4, -0.2) is 40.5 Å². The van der Waals surface area contributed by atoms with Gasteiger partial charge in [-0.25, -0.2) is 0 Å². The minimum absolute atomic E-state index is 0.232. The molecule has 19 heavy (non-hydrogen) atoms. The molecule has 6 heteroatoms. The quantitative estimate of drug-likeness (QED) is 0.856. The predicted octanol–water partition coefficient (Wildman–Crippen LogP) is 2.61. The molecule has 1 fully saturated rings. The fraction of sp³-hybridized carbons (Fsp3) is 0.462. The molecule has 3 heterocycles. The van der Waals surface area contributed by atoms with Crippen LogP contribution < -0.4 is 0 Å². The van der Waals surface area contributed by atoms with Crippen LogP contribution in [0.15, 0.2) is 33.7 Å². The van der Waals surface area contributed by atoms with Crippen LogP contribution in [0, 0.1) is 0 Å². The molecule has 2 aromatic rings. The summed E-state index contributed by atoms with van der Waals surface area (Å²) in [6.45, 7) is 4.60. The summed E-state index contributed by atoms with van der Waals surface area (Å²) in [6.07, 6.45) is 4.03. The molecular weight excluding hydrogens is 326 g/mol. The monoisotopic (exact) mass is 341 g/mol. The van der Waals surface area contributed by atoms with E-state index < -0.39 is 0 Å². The molecule has 102 valence electrons. The van der Waals surface area contributed by atoms with E-state index in [2.05, 4.69) is 37.4 Å². The van der Waals surface area contributed by atoms with Crippen LogP contribution in [0.3, 0.4) is 0 Å². The fourth-order valence-corrected chi connectivity index (χ4v) is 3.54. The Labute approximate surface area is 125 Å². The molecule has 0 N–H and O–H groups in total. The molecule has 1 aliphatic heterocycles. The maximum absolute atomic E-state index is 5.82. The highest BCUT2D eigenvalue weighted by atomic mass is 79.9. The van der Waals surface area contributed by atoms with E-state index in [4.69, 9.17) is 4.74 Å². The number of halogens is 1. The lowest BCUT2D eigenvalue weighted by atomic mass is 10.2. The van der Waals surface area contributed by atoms with Crippen molar-refractivity contribution in [3.63, 3.8) is 0 Å². The molecule has 0 bridgehead atoms. The molecule has 4 nitrogen and oxygen atoms in total. The van der Waals surface area contributed by atoms with Crippen molar-refractivity contribution >= 4 is 27.3 Å². The van der Waals surface area contributed by atoms with E-state index >= 15 is 0 Å². The number of rotatable bonds is 4. The van der Waals surface area contributed by atoms with Crippen molar-refractivity contribution in [2.45, 2.75) is 19.2 Å². The first kappa shape index (κ1) is 13.3. The van der Waals surface area contributed by atoms with Gasteiger partial charge in [-0.1, -0.05) is 0 Å². The van der Waals surface area contributed by atoms with Gasteiger partial charge in [0.25, 0.3) is 0 Å². The van der Waals surface area contributed by atoms with Gasteiger partial charge in [0.15, 0.2) is 0 Å². The summed E-state index contributed by atoms with van der Waals surface area (Å²) in [5, 5.41) is 6.45. The minimum atomic E-state index is 0.232. The molecule has 0 aliphatic carbocycles. The Morgan fingerprint density at radius 3 is 3.21 bits per heavy atom. The predicted molar refractivity (Wildman–Crippen MR) is 79.3 cm³/mol. The normalized spacial score (nSPS) is 20.8. The first-order chi connectivity index (χ1) is 9.29. The van der Waals surface area contributed by atoms with Crippen LogP contribution in [0.5, 0.6) is 0 Å². The number of nitrogens with zero attached hydrogens (tertiary/aromatic N) is 3. The number of hydrogen-bond donors (Lipinski definition) is 0. The summed E-state index contributed by atoms with van der Waals surface area (Å²) >= 11 is 5.25. The maximum Gasteiger partial charge on any atom is 0.0898 e. The number of ether oxygens (including phenoxy) is 1. The van der Waals surface area contributed by atoms with Gasteiger partial charge < -0.3 is 4.74 Å². The third kappa shape index (κ3) is 3.66. The van der Waals surface area contributed by atoms with Gasteiger partial charge in [0.2, 0.25) is 0 Å². The van der Waals surface area contributed by atoms with E-state index in [0.717, 1.165) is 32.8 Å². The van der Waals surface area contributed by atoms with Crippen molar-refractivity contribution < 1.29 is 4.74 Å². The second-order valence-electron chi connectivity index (χ2n) is 4.72. The zero-order valence-electron chi connectivity index (χ0n) is 10.5. The second kappa shape index (κ2) is 6.17. The Bertz CT molecular complexity index is 514. The van der Waals surface area contributed by atoms with Crippen LogP contribution in [0.1, 0.15) is 5.56 Å². The van der Waals surface area contributed by atoms with Crippen LogP contribution in [-0.2, 0) is 17.8 Å². The smallest absolute Gasteiger partial charge is 0.0898 e. The van der Waals surface area contributed by atoms with Gasteiger partial charge in [-0.2, -0.15) is 5.10 Å². The van der Waals surface area contributed by atoms with E-state index in [1.54, 1.807) is 11.3 Å². The average molecular weight is 342 g/mol. The first-order valence-electron chi connectivity index (χ1n) is 6.34. The van der Waals surface area contributed by atoms with Crippen LogP contribution in [0.2, 0.25) is 0 Å². The summed E-state index contributed by atoms with van der Waals surface area (Å²) in [5.74, 6) is 0. The van der Waals surface area contributed by atoms with E-state index in [9.17, 15) is 0 Å². The van der Waals surface area contributed by atoms with Crippen molar-refractivity contribution in [3.05, 3.63) is 39.3 Å². The van der Waals surface area contributed by atoms with E-state index in [1.165, 1.54) is 9.35 Å². The van der Waals surface area contributed by atoms with Crippen LogP contribution >= 0.6 is 27.3 Å². The molecule has 0 spiro atoms. The Morgan fingerprint density at radius 1 is 1.53 bits per heavy atom. The van der Waals surface area contributed by atoms with Crippen molar-refractivity contribution in [1.82, 2.24) is 14.7 Å². The average Bonchev–Trinajstić information content (AvgIpc) is 3.02. The van der Waals surface area contributed by atoms with E-state index in [1.807, 2.05) is 23.1 Å². The van der Waals surface area contributed by atoms with Gasteiger partial charge in [-0.3, -0.25) is 9.58 Å². The Hall–Kier alpha value is -0.690. The van der Waals surface area contributed by atoms with E-state index in [-0.39, 0.29) is 6.10 Å². The molecule has 0 aromatic carbocycles. The number of hydrogen-bond acceptors (Lipinski definition) is 4. The number of morpholine rings is 1. The Morgan fingerprint density at radius 2 is 2.47 bits per heavy atom. The maximum atomic E-state index is 5.82. The van der Waals surface area contributed by atoms with Crippen molar-refractivity contribution in [1.29, 1.82) is 0 Å². The van der Waals surface area contributed by atoms with Crippen molar-refractivity contribution in [3.8, 4) is 0 Å². The molecule has 1 atom stereocenters. The highest BCUT2D eigenvalue weighted by molar-refractivity contribution is 9.11. The molecule has 1 saturated heterocycles. The Kier molecular flexibility index (Phi) is 4.32. The van der Waals surface area contributed by atoms with Crippen LogP contribution in [0.25, 0.3) is 0 Å². The number of aromatic nitrogens is 2. The summed E-state index contributed by atoms with van der Waals surface area (Å²) < 4.78 is 8.95. The first-order valence-corrected chi connectivity index (χ1v) is 8.01. The minimum Gasteiger partial charge on any atom is -0.374 e. The fourth-order valence-electron chi connectivity index (χ4n) is 2.34. The highest BCUT2D eigenvalue weighted by Crippen LogP contribution is 2.22. The summed E-state index contributed by atoms with van der Waals surface area (Å²) in [7, 11) is 0. The number of thiophene rings is 1. The molecule has 1 aliphatic rings. The van der Waals surface area contributed by atoms with Crippen LogP contribution in [0.4, 0.5) is 0 Å². The summed E-state index contributed by atoms with van der Waals surface area (Å²) in [6, 6.07) is 4.14. The summed E-state index contributed by atoms with van der Waals surface area (Å²) in [4.78, 5) is 2.45. The van der Waals surface area contributed by atoms with Gasteiger partial charge in [0.1, 0.15) is 0 Å². The molecule has 0 amide bonds. The zero-order chi connectivity index (χ0) is 13.1. The SMILES string of the molecule is Brc1cc(CN2CCO[C@H](Cn3cccn3)C2)cs1. The standard InChI is InChI=1S/C13H16BrN3OS/c14-13-6-11(10-19-13)7-16-4-5-18-12(8-16)9-17-3-1-2-15-17/h1-3,6,10,12H,4-5,7-9H2/t12-/m0/s1. The third-order valence-corrected chi connectivity index (χ3v) is 4.75. The second-order valence-corrected chi connectivity index (χ2v) is 7.01. The van der Waals surface area contributed by atoms with Gasteiger partial charge in [-0.15, -0.1) is 11.3 Å². The van der Waals surface area contributed by atoms with Crippen molar-refractivity contribution in [2.75, 3.05) is 19.7 Å². The zero-order valence-corrected chi connectivity index (χ0v) is 12.9. The summed E-state index contributed by atoms with van der Waals surface area (Å²) in [5.41, 5.74) is 1.37. The third-order valence-electron chi connectivity index (χ3n) is 3.20. The molecule has 0 saturated carbocycles. The molecule has 3 rings (SSSR count). The topological polar surface area (TPSA) is 30.3 Å². The highest BCUT2D eigenvalue weighted by Gasteiger charge is 2.21. The Balaban J connectivity index is 1.55. The lowest BCUT2D eigenvalue weighted by molar-refractivity contribution is -0.0401. The lowest BCUT2D eigenvalue weighted by Crippen LogP contribution is -2.43. The lowest BCUT2D eigenvalue weighted by Gasteiger charge is -2.32. The largest absolute Gasteiger partial charge is 0.374 e. The van der Waals surface area contributed by atoms with Gasteiger partial charge in [0, 0.05) is 32.0 Å². The molecular formula is C13H16BrN3OS. The van der Waals surface area contributed by atoms with E-state index in [0.29, 0.717) is 0 Å². The molecule has 0 unspecified atom stereocenters. The van der Waals surface area contributed by atoms with Gasteiger partial charge in [-0.05, 0) is 39.0 Å². The molecule has 0 radical (unpaired) electrons. The van der Waals surface area contributed by atoms with Gasteiger partial charge in [0.05, 0.1) is 23.0 Å². The van der Waals surface area contributed by atoms with Gasteiger partial charge >= 0.3 is 0 Å².